The molecule has 1 amide bonds. The Balaban J connectivity index is 1.99. The Kier molecular flexibility index (Phi) is 5.51. The lowest BCUT2D eigenvalue weighted by atomic mass is 9.97. The molecule has 2 rings (SSSR count). The number of alkyl halides is 3. The maximum absolute atomic E-state index is 13.1. The molecule has 2 atom stereocenters. The lowest BCUT2D eigenvalue weighted by molar-refractivity contribution is -0.196. The highest BCUT2D eigenvalue weighted by Crippen LogP contribution is 2.32. The first-order chi connectivity index (χ1) is 10.8. The van der Waals surface area contributed by atoms with Crippen molar-refractivity contribution in [2.75, 3.05) is 13.7 Å². The van der Waals surface area contributed by atoms with Crippen LogP contribution in [0.3, 0.4) is 0 Å². The molecule has 128 valence electrons. The number of ether oxygens (including phenoxy) is 1. The third-order valence-electron chi connectivity index (χ3n) is 4.10. The lowest BCUT2D eigenvalue weighted by Gasteiger charge is -2.39. The predicted molar refractivity (Wildman–Crippen MR) is 80.1 cm³/mol. The number of nitrogens with two attached hydrogens (primary N) is 1. The molecule has 0 saturated carbocycles. The zero-order valence-corrected chi connectivity index (χ0v) is 13.0. The minimum absolute atomic E-state index is 0.0334. The fourth-order valence-electron chi connectivity index (χ4n) is 2.80. The molecule has 0 bridgehead atoms. The second-order valence-corrected chi connectivity index (χ2v) is 5.79. The van der Waals surface area contributed by atoms with Crippen LogP contribution in [0.25, 0.3) is 0 Å². The lowest BCUT2D eigenvalue weighted by Crippen LogP contribution is -2.56. The minimum atomic E-state index is -4.41. The number of benzene rings is 1. The Morgan fingerprint density at radius 2 is 1.96 bits per heavy atom. The highest BCUT2D eigenvalue weighted by Gasteiger charge is 2.47. The number of likely N-dealkylation sites (tertiary alicyclic amines) is 1. The van der Waals surface area contributed by atoms with E-state index in [4.69, 9.17) is 10.5 Å². The van der Waals surface area contributed by atoms with Crippen LogP contribution >= 0.6 is 0 Å². The van der Waals surface area contributed by atoms with E-state index >= 15 is 0 Å². The van der Waals surface area contributed by atoms with Crippen molar-refractivity contribution in [3.63, 3.8) is 0 Å². The number of hydrogen-bond donors (Lipinski definition) is 1. The average Bonchev–Trinajstić information content (AvgIpc) is 2.51. The van der Waals surface area contributed by atoms with Crippen LogP contribution in [-0.4, -0.2) is 42.7 Å². The zero-order chi connectivity index (χ0) is 17.0. The number of hydrogen-bond acceptors (Lipinski definition) is 3. The van der Waals surface area contributed by atoms with E-state index in [-0.39, 0.29) is 25.8 Å². The standard InChI is InChI=1S/C16H21F3N2O2/c1-23-13-6-2-11(3-7-13)4-9-15(22)21-10-12(20)5-8-14(21)16(17,18)19/h2-3,6-7,12,14H,4-5,8-10,20H2,1H3/t12-,14+/m1/s1. The molecule has 23 heavy (non-hydrogen) atoms. The molecule has 1 aliphatic heterocycles. The third-order valence-corrected chi connectivity index (χ3v) is 4.10. The minimum Gasteiger partial charge on any atom is -0.497 e. The van der Waals surface area contributed by atoms with E-state index in [1.807, 2.05) is 0 Å². The molecule has 0 unspecified atom stereocenters. The van der Waals surface area contributed by atoms with Crippen LogP contribution in [0, 0.1) is 0 Å². The van der Waals surface area contributed by atoms with Crippen molar-refractivity contribution >= 4 is 5.91 Å². The number of nitrogens with zero attached hydrogens (tertiary/aromatic N) is 1. The molecule has 1 aromatic rings. The Bertz CT molecular complexity index is 531. The number of carbonyl (C=O) groups excluding carboxylic acids is 1. The molecule has 2 N–H and O–H groups in total. The van der Waals surface area contributed by atoms with Crippen molar-refractivity contribution in [3.05, 3.63) is 29.8 Å². The normalized spacial score (nSPS) is 22.0. The quantitative estimate of drug-likeness (QED) is 0.923. The summed E-state index contributed by atoms with van der Waals surface area (Å²) in [5, 5.41) is 0. The van der Waals surface area contributed by atoms with Crippen LogP contribution in [0.15, 0.2) is 24.3 Å². The van der Waals surface area contributed by atoms with E-state index in [0.717, 1.165) is 10.5 Å². The number of piperidine rings is 1. The van der Waals surface area contributed by atoms with Gasteiger partial charge in [0.1, 0.15) is 11.8 Å². The van der Waals surface area contributed by atoms with Gasteiger partial charge in [0.15, 0.2) is 0 Å². The summed E-state index contributed by atoms with van der Waals surface area (Å²) in [4.78, 5) is 13.1. The smallest absolute Gasteiger partial charge is 0.408 e. The van der Waals surface area contributed by atoms with Gasteiger partial charge in [0.05, 0.1) is 7.11 Å². The molecule has 1 aliphatic rings. The van der Waals surface area contributed by atoms with Gasteiger partial charge >= 0.3 is 6.18 Å². The molecule has 0 aromatic heterocycles. The summed E-state index contributed by atoms with van der Waals surface area (Å²) in [7, 11) is 1.55. The highest BCUT2D eigenvalue weighted by atomic mass is 19.4. The molecular formula is C16H21F3N2O2. The van der Waals surface area contributed by atoms with Crippen molar-refractivity contribution in [1.29, 1.82) is 0 Å². The summed E-state index contributed by atoms with van der Waals surface area (Å²) in [5.41, 5.74) is 6.61. The van der Waals surface area contributed by atoms with Gasteiger partial charge in [-0.05, 0) is 37.0 Å². The van der Waals surface area contributed by atoms with Crippen molar-refractivity contribution in [2.24, 2.45) is 5.73 Å². The first-order valence-corrected chi connectivity index (χ1v) is 7.56. The number of halogens is 3. The van der Waals surface area contributed by atoms with Crippen molar-refractivity contribution in [1.82, 2.24) is 4.90 Å². The van der Waals surface area contributed by atoms with Crippen LogP contribution in [0.2, 0.25) is 0 Å². The molecule has 1 aromatic carbocycles. The number of aryl methyl sites for hydroxylation is 1. The first-order valence-electron chi connectivity index (χ1n) is 7.56. The molecule has 1 saturated heterocycles. The Labute approximate surface area is 133 Å². The largest absolute Gasteiger partial charge is 0.497 e. The SMILES string of the molecule is COc1ccc(CCC(=O)N2C[C@H](N)CC[C@H]2C(F)(F)F)cc1. The Morgan fingerprint density at radius 1 is 1.30 bits per heavy atom. The van der Waals surface area contributed by atoms with Gasteiger partial charge in [0, 0.05) is 19.0 Å². The van der Waals surface area contributed by atoms with Crippen LogP contribution in [-0.2, 0) is 11.2 Å². The monoisotopic (exact) mass is 330 g/mol. The number of carbonyl (C=O) groups is 1. The predicted octanol–water partition coefficient (Wildman–Crippen LogP) is 2.51. The summed E-state index contributed by atoms with van der Waals surface area (Å²) in [5.74, 6) is 0.192. The molecule has 0 aliphatic carbocycles. The van der Waals surface area contributed by atoms with E-state index < -0.39 is 24.2 Å². The molecule has 1 fully saturated rings. The van der Waals surface area contributed by atoms with Crippen LogP contribution in [0.5, 0.6) is 5.75 Å². The molecule has 4 nitrogen and oxygen atoms in total. The van der Waals surface area contributed by atoms with E-state index in [1.54, 1.807) is 31.4 Å². The zero-order valence-electron chi connectivity index (χ0n) is 13.0. The Morgan fingerprint density at radius 3 is 2.52 bits per heavy atom. The van der Waals surface area contributed by atoms with E-state index in [0.29, 0.717) is 12.2 Å². The van der Waals surface area contributed by atoms with Gasteiger partial charge in [-0.1, -0.05) is 12.1 Å². The summed E-state index contributed by atoms with van der Waals surface area (Å²) in [6, 6.07) is 5.01. The third kappa shape index (κ3) is 4.60. The van der Waals surface area contributed by atoms with Gasteiger partial charge in [-0.3, -0.25) is 4.79 Å². The van der Waals surface area contributed by atoms with E-state index in [1.165, 1.54) is 0 Å². The second kappa shape index (κ2) is 7.21. The van der Waals surface area contributed by atoms with Gasteiger partial charge in [-0.2, -0.15) is 13.2 Å². The van der Waals surface area contributed by atoms with Crippen molar-refractivity contribution in [2.45, 2.75) is 43.9 Å². The highest BCUT2D eigenvalue weighted by molar-refractivity contribution is 5.77. The van der Waals surface area contributed by atoms with E-state index in [2.05, 4.69) is 0 Å². The second-order valence-electron chi connectivity index (χ2n) is 5.79. The van der Waals surface area contributed by atoms with E-state index in [9.17, 15) is 18.0 Å². The summed E-state index contributed by atoms with van der Waals surface area (Å²) >= 11 is 0. The summed E-state index contributed by atoms with van der Waals surface area (Å²) in [6.45, 7) is -0.0361. The van der Waals surface area contributed by atoms with Gasteiger partial charge in [-0.25, -0.2) is 0 Å². The Hall–Kier alpha value is -1.76. The van der Waals surface area contributed by atoms with Gasteiger partial charge < -0.3 is 15.4 Å². The van der Waals surface area contributed by atoms with Gasteiger partial charge in [-0.15, -0.1) is 0 Å². The van der Waals surface area contributed by atoms with Crippen molar-refractivity contribution in [3.8, 4) is 5.75 Å². The number of methoxy groups -OCH3 is 1. The van der Waals surface area contributed by atoms with Crippen molar-refractivity contribution < 1.29 is 22.7 Å². The van der Waals surface area contributed by atoms with Gasteiger partial charge in [0.25, 0.3) is 0 Å². The average molecular weight is 330 g/mol. The molecule has 0 radical (unpaired) electrons. The van der Waals surface area contributed by atoms with Crippen LogP contribution < -0.4 is 10.5 Å². The maximum Gasteiger partial charge on any atom is 0.408 e. The fraction of sp³-hybridized carbons (Fsp3) is 0.562. The maximum atomic E-state index is 13.1. The number of amides is 1. The summed E-state index contributed by atoms with van der Waals surface area (Å²) in [6.07, 6.45) is -3.83. The van der Waals surface area contributed by atoms with Crippen LogP contribution in [0.1, 0.15) is 24.8 Å². The number of rotatable bonds is 4. The molecular weight excluding hydrogens is 309 g/mol. The molecule has 7 heteroatoms. The van der Waals surface area contributed by atoms with Gasteiger partial charge in [0.2, 0.25) is 5.91 Å². The first kappa shape index (κ1) is 17.6. The molecule has 0 spiro atoms. The summed E-state index contributed by atoms with van der Waals surface area (Å²) < 4.78 is 44.3. The molecule has 1 heterocycles. The van der Waals surface area contributed by atoms with Crippen LogP contribution in [0.4, 0.5) is 13.2 Å². The fourth-order valence-corrected chi connectivity index (χ4v) is 2.80. The topological polar surface area (TPSA) is 55.6 Å².